The van der Waals surface area contributed by atoms with E-state index in [4.69, 9.17) is 5.73 Å². The molecule has 0 spiro atoms. The quantitative estimate of drug-likeness (QED) is 0.682. The molecule has 1 rings (SSSR count). The zero-order valence-corrected chi connectivity index (χ0v) is 12.1. The summed E-state index contributed by atoms with van der Waals surface area (Å²) in [4.78, 5) is 22.7. The van der Waals surface area contributed by atoms with E-state index < -0.39 is 0 Å². The fourth-order valence-corrected chi connectivity index (χ4v) is 1.84. The van der Waals surface area contributed by atoms with Crippen molar-refractivity contribution < 1.29 is 9.59 Å². The fraction of sp³-hybridized carbons (Fsp3) is 0.467. The zero-order chi connectivity index (χ0) is 15.0. The molecule has 2 amide bonds. The minimum Gasteiger partial charge on any atom is -0.350 e. The van der Waals surface area contributed by atoms with Gasteiger partial charge in [0.1, 0.15) is 0 Å². The van der Waals surface area contributed by atoms with E-state index in [1.54, 1.807) is 0 Å². The summed E-state index contributed by atoms with van der Waals surface area (Å²) in [6.45, 7) is 3.80. The van der Waals surface area contributed by atoms with Crippen molar-refractivity contribution in [3.63, 3.8) is 0 Å². The van der Waals surface area contributed by atoms with Crippen molar-refractivity contribution in [1.82, 2.24) is 10.6 Å². The van der Waals surface area contributed by atoms with Gasteiger partial charge in [-0.15, -0.1) is 0 Å². The second-order valence-electron chi connectivity index (χ2n) is 5.40. The Morgan fingerprint density at radius 3 is 2.40 bits per heavy atom. The van der Waals surface area contributed by atoms with Gasteiger partial charge >= 0.3 is 0 Å². The van der Waals surface area contributed by atoms with E-state index in [1.165, 1.54) is 5.56 Å². The molecular formula is C15H23N3O2. The lowest BCUT2D eigenvalue weighted by molar-refractivity contribution is -0.126. The van der Waals surface area contributed by atoms with Crippen LogP contribution in [0.25, 0.3) is 0 Å². The van der Waals surface area contributed by atoms with Crippen molar-refractivity contribution in [2.24, 2.45) is 5.73 Å². The number of hydrogen-bond acceptors (Lipinski definition) is 3. The molecule has 0 aliphatic carbocycles. The van der Waals surface area contributed by atoms with Crippen LogP contribution in [-0.4, -0.2) is 30.4 Å². The molecule has 0 aliphatic rings. The first-order valence-electron chi connectivity index (χ1n) is 6.74. The van der Waals surface area contributed by atoms with Crippen molar-refractivity contribution in [2.45, 2.75) is 32.2 Å². The highest BCUT2D eigenvalue weighted by Crippen LogP contribution is 2.13. The molecule has 1 aromatic carbocycles. The molecule has 110 valence electrons. The second-order valence-corrected chi connectivity index (χ2v) is 5.40. The molecule has 0 saturated heterocycles. The molecule has 5 nitrogen and oxygen atoms in total. The maximum absolute atomic E-state index is 11.7. The van der Waals surface area contributed by atoms with Crippen LogP contribution in [0.3, 0.4) is 0 Å². The Morgan fingerprint density at radius 2 is 1.80 bits per heavy atom. The standard InChI is InChI=1S/C15H23N3O2/c1-15(2,9-8-12-6-4-3-5-7-12)18-14(20)11-17-13(19)10-16/h3-7H,8-11,16H2,1-2H3,(H,17,19)(H,18,20). The van der Waals surface area contributed by atoms with Crippen molar-refractivity contribution in [1.29, 1.82) is 0 Å². The highest BCUT2D eigenvalue weighted by Gasteiger charge is 2.20. The van der Waals surface area contributed by atoms with E-state index in [0.29, 0.717) is 0 Å². The Bertz CT molecular complexity index is 444. The first-order chi connectivity index (χ1) is 9.43. The van der Waals surface area contributed by atoms with E-state index in [0.717, 1.165) is 12.8 Å². The third-order valence-electron chi connectivity index (χ3n) is 2.99. The van der Waals surface area contributed by atoms with E-state index >= 15 is 0 Å². The molecule has 0 saturated carbocycles. The lowest BCUT2D eigenvalue weighted by Crippen LogP contribution is -2.48. The topological polar surface area (TPSA) is 84.2 Å². The van der Waals surface area contributed by atoms with Gasteiger partial charge < -0.3 is 16.4 Å². The number of nitrogens with one attached hydrogen (secondary N) is 2. The van der Waals surface area contributed by atoms with Gasteiger partial charge in [0, 0.05) is 5.54 Å². The van der Waals surface area contributed by atoms with E-state index in [-0.39, 0.29) is 30.4 Å². The lowest BCUT2D eigenvalue weighted by Gasteiger charge is -2.26. The highest BCUT2D eigenvalue weighted by molar-refractivity contribution is 5.85. The van der Waals surface area contributed by atoms with Crippen LogP contribution >= 0.6 is 0 Å². The van der Waals surface area contributed by atoms with E-state index in [1.807, 2.05) is 32.0 Å². The molecule has 1 aromatic rings. The molecule has 5 heteroatoms. The number of nitrogens with two attached hydrogens (primary N) is 1. The molecule has 20 heavy (non-hydrogen) atoms. The van der Waals surface area contributed by atoms with Crippen LogP contribution in [0, 0.1) is 0 Å². The van der Waals surface area contributed by atoms with Crippen LogP contribution in [0.2, 0.25) is 0 Å². The Morgan fingerprint density at radius 1 is 1.15 bits per heavy atom. The third-order valence-corrected chi connectivity index (χ3v) is 2.99. The monoisotopic (exact) mass is 277 g/mol. The Hall–Kier alpha value is -1.88. The van der Waals surface area contributed by atoms with Gasteiger partial charge in [0.25, 0.3) is 0 Å². The van der Waals surface area contributed by atoms with Gasteiger partial charge in [-0.05, 0) is 32.3 Å². The minimum atomic E-state index is -0.331. The summed E-state index contributed by atoms with van der Waals surface area (Å²) in [6, 6.07) is 10.1. The van der Waals surface area contributed by atoms with E-state index in [9.17, 15) is 9.59 Å². The summed E-state index contributed by atoms with van der Waals surface area (Å²) >= 11 is 0. The lowest BCUT2D eigenvalue weighted by atomic mass is 9.95. The summed E-state index contributed by atoms with van der Waals surface area (Å²) in [5, 5.41) is 5.36. The van der Waals surface area contributed by atoms with Gasteiger partial charge in [0.05, 0.1) is 13.1 Å². The fourth-order valence-electron chi connectivity index (χ4n) is 1.84. The molecule has 0 atom stereocenters. The van der Waals surface area contributed by atoms with Crippen molar-refractivity contribution >= 4 is 11.8 Å². The molecule has 0 heterocycles. The first kappa shape index (κ1) is 16.2. The Balaban J connectivity index is 2.36. The summed E-state index contributed by atoms with van der Waals surface area (Å²) in [6.07, 6.45) is 1.72. The van der Waals surface area contributed by atoms with Gasteiger partial charge in [-0.2, -0.15) is 0 Å². The molecule has 0 aromatic heterocycles. The van der Waals surface area contributed by atoms with Gasteiger partial charge in [0.2, 0.25) is 11.8 Å². The predicted octanol–water partition coefficient (Wildman–Crippen LogP) is 0.589. The van der Waals surface area contributed by atoms with Crippen molar-refractivity contribution in [2.75, 3.05) is 13.1 Å². The van der Waals surface area contributed by atoms with Crippen LogP contribution in [-0.2, 0) is 16.0 Å². The van der Waals surface area contributed by atoms with Crippen LogP contribution in [0.1, 0.15) is 25.8 Å². The predicted molar refractivity (Wildman–Crippen MR) is 79.0 cm³/mol. The smallest absolute Gasteiger partial charge is 0.239 e. The number of aryl methyl sites for hydroxylation is 1. The maximum atomic E-state index is 11.7. The molecule has 0 aliphatic heterocycles. The molecule has 0 unspecified atom stereocenters. The first-order valence-corrected chi connectivity index (χ1v) is 6.74. The largest absolute Gasteiger partial charge is 0.350 e. The van der Waals surface area contributed by atoms with E-state index in [2.05, 4.69) is 22.8 Å². The average molecular weight is 277 g/mol. The number of carbonyl (C=O) groups excluding carboxylic acids is 2. The normalized spacial score (nSPS) is 10.9. The van der Waals surface area contributed by atoms with Crippen LogP contribution in [0.5, 0.6) is 0 Å². The van der Waals surface area contributed by atoms with Gasteiger partial charge in [0.15, 0.2) is 0 Å². The average Bonchev–Trinajstić information content (AvgIpc) is 2.43. The van der Waals surface area contributed by atoms with Gasteiger partial charge in [-0.1, -0.05) is 30.3 Å². The summed E-state index contributed by atoms with van der Waals surface area (Å²) in [5.41, 5.74) is 6.08. The maximum Gasteiger partial charge on any atom is 0.239 e. The second kappa shape index (κ2) is 7.65. The van der Waals surface area contributed by atoms with Gasteiger partial charge in [-0.3, -0.25) is 9.59 Å². The Labute approximate surface area is 119 Å². The number of hydrogen-bond donors (Lipinski definition) is 3. The molecule has 4 N–H and O–H groups in total. The summed E-state index contributed by atoms with van der Waals surface area (Å²) in [7, 11) is 0. The highest BCUT2D eigenvalue weighted by atomic mass is 16.2. The Kier molecular flexibility index (Phi) is 6.18. The molecule has 0 fully saturated rings. The SMILES string of the molecule is CC(C)(CCc1ccccc1)NC(=O)CNC(=O)CN. The zero-order valence-electron chi connectivity index (χ0n) is 12.1. The van der Waals surface area contributed by atoms with Crippen LogP contribution in [0.15, 0.2) is 30.3 Å². The van der Waals surface area contributed by atoms with Gasteiger partial charge in [-0.25, -0.2) is 0 Å². The summed E-state index contributed by atoms with van der Waals surface area (Å²) < 4.78 is 0. The number of rotatable bonds is 7. The summed E-state index contributed by atoms with van der Waals surface area (Å²) in [5.74, 6) is -0.535. The van der Waals surface area contributed by atoms with Crippen LogP contribution in [0.4, 0.5) is 0 Å². The third kappa shape index (κ3) is 6.33. The van der Waals surface area contributed by atoms with Crippen molar-refractivity contribution in [3.8, 4) is 0 Å². The minimum absolute atomic E-state index is 0.0369. The molecule has 0 radical (unpaired) electrons. The number of carbonyl (C=O) groups is 2. The van der Waals surface area contributed by atoms with Crippen molar-refractivity contribution in [3.05, 3.63) is 35.9 Å². The number of benzene rings is 1. The number of amides is 2. The van der Waals surface area contributed by atoms with Crippen LogP contribution < -0.4 is 16.4 Å². The molecular weight excluding hydrogens is 254 g/mol. The molecule has 0 bridgehead atoms.